The van der Waals surface area contributed by atoms with Crippen LogP contribution in [0.5, 0.6) is 0 Å². The van der Waals surface area contributed by atoms with Crippen molar-refractivity contribution in [2.75, 3.05) is 11.5 Å². The number of thiophene rings is 1. The maximum Gasteiger partial charge on any atom is 0.266 e. The maximum atomic E-state index is 13.5. The van der Waals surface area contributed by atoms with E-state index in [2.05, 4.69) is 0 Å². The lowest BCUT2D eigenvalue weighted by Crippen LogP contribution is -2.40. The molecular weight excluding hydrogens is 437 g/mol. The third-order valence-electron chi connectivity index (χ3n) is 4.94. The van der Waals surface area contributed by atoms with Crippen LogP contribution >= 0.6 is 34.5 Å². The van der Waals surface area contributed by atoms with Gasteiger partial charge in [0.2, 0.25) is 0 Å². The Morgan fingerprint density at radius 2 is 1.82 bits per heavy atom. The summed E-state index contributed by atoms with van der Waals surface area (Å²) >= 11 is 14.1. The third-order valence-corrected chi connectivity index (χ3v) is 8.72. The minimum Gasteiger partial charge on any atom is -0.329 e. The number of hydrogen-bond acceptors (Lipinski definition) is 4. The van der Waals surface area contributed by atoms with Crippen LogP contribution in [0.1, 0.15) is 21.7 Å². The summed E-state index contributed by atoms with van der Waals surface area (Å²) in [5.41, 5.74) is 0.777. The maximum absolute atomic E-state index is 13.5. The lowest BCUT2D eigenvalue weighted by Gasteiger charge is -2.28. The SMILES string of the molecule is O=C(c1sc2ccccc2c1Cl)N(Cc1ccccc1Cl)[C@@H]1CCS(=O)(=O)C1. The zero-order valence-corrected chi connectivity index (χ0v) is 17.9. The predicted molar refractivity (Wildman–Crippen MR) is 115 cm³/mol. The first-order chi connectivity index (χ1) is 13.4. The van der Waals surface area contributed by atoms with Gasteiger partial charge in [-0.25, -0.2) is 8.42 Å². The number of carbonyl (C=O) groups excluding carboxylic acids is 1. The van der Waals surface area contributed by atoms with E-state index in [-0.39, 0.29) is 24.0 Å². The molecule has 146 valence electrons. The molecule has 0 spiro atoms. The second kappa shape index (κ2) is 7.67. The van der Waals surface area contributed by atoms with Gasteiger partial charge in [-0.15, -0.1) is 11.3 Å². The van der Waals surface area contributed by atoms with Crippen molar-refractivity contribution in [3.63, 3.8) is 0 Å². The highest BCUT2D eigenvalue weighted by Crippen LogP contribution is 2.37. The first-order valence-electron chi connectivity index (χ1n) is 8.77. The largest absolute Gasteiger partial charge is 0.329 e. The van der Waals surface area contributed by atoms with Crippen molar-refractivity contribution in [3.8, 4) is 0 Å². The van der Waals surface area contributed by atoms with Gasteiger partial charge in [0.1, 0.15) is 4.88 Å². The molecule has 1 atom stereocenters. The quantitative estimate of drug-likeness (QED) is 0.555. The van der Waals surface area contributed by atoms with Crippen molar-refractivity contribution in [1.29, 1.82) is 0 Å². The van der Waals surface area contributed by atoms with Gasteiger partial charge in [0.15, 0.2) is 9.84 Å². The molecule has 0 aliphatic carbocycles. The molecule has 4 rings (SSSR count). The van der Waals surface area contributed by atoms with Gasteiger partial charge in [-0.1, -0.05) is 59.6 Å². The highest BCUT2D eigenvalue weighted by atomic mass is 35.5. The van der Waals surface area contributed by atoms with Crippen LogP contribution in [0.3, 0.4) is 0 Å². The van der Waals surface area contributed by atoms with E-state index in [0.717, 1.165) is 15.6 Å². The second-order valence-corrected chi connectivity index (χ2v) is 10.9. The Bertz CT molecular complexity index is 1160. The monoisotopic (exact) mass is 453 g/mol. The molecule has 0 saturated carbocycles. The lowest BCUT2D eigenvalue weighted by atomic mass is 10.1. The van der Waals surface area contributed by atoms with Gasteiger partial charge in [0.05, 0.1) is 16.5 Å². The fourth-order valence-electron chi connectivity index (χ4n) is 3.48. The number of nitrogens with zero attached hydrogens (tertiary/aromatic N) is 1. The molecule has 3 aromatic rings. The third kappa shape index (κ3) is 3.79. The zero-order chi connectivity index (χ0) is 19.9. The van der Waals surface area contributed by atoms with E-state index in [9.17, 15) is 13.2 Å². The van der Waals surface area contributed by atoms with Crippen molar-refractivity contribution >= 4 is 60.4 Å². The number of carbonyl (C=O) groups is 1. The summed E-state index contributed by atoms with van der Waals surface area (Å²) in [4.78, 5) is 15.5. The van der Waals surface area contributed by atoms with Crippen molar-refractivity contribution in [1.82, 2.24) is 4.90 Å². The first-order valence-corrected chi connectivity index (χ1v) is 12.2. The molecule has 1 aliphatic heterocycles. The number of sulfone groups is 1. The van der Waals surface area contributed by atoms with Gasteiger partial charge >= 0.3 is 0 Å². The Morgan fingerprint density at radius 3 is 2.50 bits per heavy atom. The molecule has 1 saturated heterocycles. The van der Waals surface area contributed by atoms with Crippen LogP contribution in [0, 0.1) is 0 Å². The van der Waals surface area contributed by atoms with Gasteiger partial charge < -0.3 is 4.90 Å². The summed E-state index contributed by atoms with van der Waals surface area (Å²) in [5.74, 6) is -0.205. The number of hydrogen-bond donors (Lipinski definition) is 0. The van der Waals surface area contributed by atoms with Crippen LogP contribution in [0.25, 0.3) is 10.1 Å². The smallest absolute Gasteiger partial charge is 0.266 e. The van der Waals surface area contributed by atoms with Gasteiger partial charge in [0.25, 0.3) is 5.91 Å². The van der Waals surface area contributed by atoms with Crippen molar-refractivity contribution in [2.24, 2.45) is 0 Å². The zero-order valence-electron chi connectivity index (χ0n) is 14.8. The van der Waals surface area contributed by atoms with Crippen LogP contribution in [0.4, 0.5) is 0 Å². The molecule has 1 amide bonds. The van der Waals surface area contributed by atoms with Crippen LogP contribution < -0.4 is 0 Å². The van der Waals surface area contributed by atoms with Crippen LogP contribution in [-0.2, 0) is 16.4 Å². The number of fused-ring (bicyclic) bond motifs is 1. The van der Waals surface area contributed by atoms with E-state index in [0.29, 0.717) is 21.3 Å². The van der Waals surface area contributed by atoms with Gasteiger partial charge in [-0.05, 0) is 24.1 Å². The number of benzene rings is 2. The minimum atomic E-state index is -3.15. The molecule has 0 bridgehead atoms. The molecule has 0 unspecified atom stereocenters. The van der Waals surface area contributed by atoms with Crippen LogP contribution in [0.2, 0.25) is 10.0 Å². The van der Waals surface area contributed by atoms with Crippen molar-refractivity contribution in [2.45, 2.75) is 19.0 Å². The van der Waals surface area contributed by atoms with Crippen molar-refractivity contribution < 1.29 is 13.2 Å². The normalized spacial score (nSPS) is 18.4. The molecule has 1 aliphatic rings. The lowest BCUT2D eigenvalue weighted by molar-refractivity contribution is 0.0686. The van der Waals surface area contributed by atoms with E-state index in [1.54, 1.807) is 11.0 Å². The average Bonchev–Trinajstić information content (AvgIpc) is 3.20. The number of amides is 1. The van der Waals surface area contributed by atoms with E-state index in [4.69, 9.17) is 23.2 Å². The topological polar surface area (TPSA) is 54.5 Å². The highest BCUT2D eigenvalue weighted by molar-refractivity contribution is 7.91. The molecule has 1 aromatic heterocycles. The highest BCUT2D eigenvalue weighted by Gasteiger charge is 2.36. The Balaban J connectivity index is 1.74. The van der Waals surface area contributed by atoms with Crippen LogP contribution in [0.15, 0.2) is 48.5 Å². The molecule has 8 heteroatoms. The van der Waals surface area contributed by atoms with Gasteiger partial charge in [0, 0.05) is 27.7 Å². The molecule has 2 aromatic carbocycles. The van der Waals surface area contributed by atoms with Crippen molar-refractivity contribution in [3.05, 3.63) is 69.0 Å². The molecule has 0 N–H and O–H groups in total. The summed E-state index contributed by atoms with van der Waals surface area (Å²) in [7, 11) is -3.15. The Hall–Kier alpha value is -1.60. The Kier molecular flexibility index (Phi) is 5.40. The molecule has 2 heterocycles. The average molecular weight is 454 g/mol. The number of rotatable bonds is 4. The van der Waals surface area contributed by atoms with E-state index < -0.39 is 15.9 Å². The predicted octanol–water partition coefficient (Wildman–Crippen LogP) is 5.04. The summed E-state index contributed by atoms with van der Waals surface area (Å²) in [6.45, 7) is 0.239. The molecule has 28 heavy (non-hydrogen) atoms. The molecule has 4 nitrogen and oxygen atoms in total. The summed E-state index contributed by atoms with van der Waals surface area (Å²) < 4.78 is 25.0. The van der Waals surface area contributed by atoms with Gasteiger partial charge in [-0.3, -0.25) is 4.79 Å². The van der Waals surface area contributed by atoms with Gasteiger partial charge in [-0.2, -0.15) is 0 Å². The van der Waals surface area contributed by atoms with Crippen LogP contribution in [-0.4, -0.2) is 36.8 Å². The summed E-state index contributed by atoms with van der Waals surface area (Å²) in [6.07, 6.45) is 0.418. The minimum absolute atomic E-state index is 0.0360. The van der Waals surface area contributed by atoms with E-state index in [1.807, 2.05) is 42.5 Å². The number of halogens is 2. The first kappa shape index (κ1) is 19.7. The molecular formula is C20H17Cl2NO3S2. The summed E-state index contributed by atoms with van der Waals surface area (Å²) in [5, 5.41) is 1.79. The standard InChI is InChI=1S/C20H17Cl2NO3S2/c21-16-7-3-1-5-13(16)11-23(14-9-10-28(25,26)12-14)20(24)19-18(22)15-6-2-4-8-17(15)27-19/h1-8,14H,9-12H2/t14-/m1/s1. The fourth-order valence-corrected chi connectivity index (χ4v) is 6.87. The molecule has 1 fully saturated rings. The molecule has 0 radical (unpaired) electrons. The second-order valence-electron chi connectivity index (χ2n) is 6.82. The fraction of sp³-hybridized carbons (Fsp3) is 0.250. The Labute approximate surface area is 177 Å². The van der Waals surface area contributed by atoms with E-state index in [1.165, 1.54) is 11.3 Å². The Morgan fingerprint density at radius 1 is 1.11 bits per heavy atom. The van der Waals surface area contributed by atoms with E-state index >= 15 is 0 Å². The summed E-state index contributed by atoms with van der Waals surface area (Å²) in [6, 6.07) is 14.5.